The monoisotopic (exact) mass is 280 g/mol. The summed E-state index contributed by atoms with van der Waals surface area (Å²) in [5.74, 6) is 0.869. The summed E-state index contributed by atoms with van der Waals surface area (Å²) < 4.78 is 5.83. The van der Waals surface area contributed by atoms with Gasteiger partial charge in [0.2, 0.25) is 0 Å². The van der Waals surface area contributed by atoms with Crippen LogP contribution in [-0.2, 0) is 5.54 Å². The molecule has 0 saturated heterocycles. The summed E-state index contributed by atoms with van der Waals surface area (Å²) in [6.45, 7) is 2.50. The molecule has 0 saturated carbocycles. The maximum Gasteiger partial charge on any atom is 0.135 e. The first-order valence-electron chi connectivity index (χ1n) is 7.06. The molecule has 0 spiro atoms. The molecular weight excluding hydrogens is 260 g/mol. The highest BCUT2D eigenvalue weighted by atomic mass is 16.5. The Hall–Kier alpha value is -2.31. The quantitative estimate of drug-likeness (QED) is 0.882. The first kappa shape index (κ1) is 15.1. The largest absolute Gasteiger partial charge is 0.493 e. The van der Waals surface area contributed by atoms with E-state index in [-0.39, 0.29) is 0 Å². The molecule has 1 unspecified atom stereocenters. The van der Waals surface area contributed by atoms with Gasteiger partial charge in [-0.2, -0.15) is 5.26 Å². The second-order valence-electron chi connectivity index (χ2n) is 5.00. The Morgan fingerprint density at radius 2 is 1.76 bits per heavy atom. The van der Waals surface area contributed by atoms with Gasteiger partial charge in [-0.15, -0.1) is 0 Å². The van der Waals surface area contributed by atoms with Gasteiger partial charge in [0.05, 0.1) is 12.7 Å². The van der Waals surface area contributed by atoms with Gasteiger partial charge in [-0.3, -0.25) is 5.32 Å². The van der Waals surface area contributed by atoms with E-state index in [0.717, 1.165) is 16.9 Å². The number of benzene rings is 2. The van der Waals surface area contributed by atoms with Crippen molar-refractivity contribution in [3.63, 3.8) is 0 Å². The minimum Gasteiger partial charge on any atom is -0.493 e. The first-order chi connectivity index (χ1) is 10.2. The van der Waals surface area contributed by atoms with Crippen LogP contribution in [0.3, 0.4) is 0 Å². The van der Waals surface area contributed by atoms with Crippen molar-refractivity contribution in [1.82, 2.24) is 5.32 Å². The molecule has 0 heterocycles. The predicted octanol–water partition coefficient (Wildman–Crippen LogP) is 3.40. The highest BCUT2D eigenvalue weighted by Crippen LogP contribution is 2.25. The van der Waals surface area contributed by atoms with Crippen LogP contribution in [0, 0.1) is 18.3 Å². The van der Waals surface area contributed by atoms with Crippen LogP contribution in [0.15, 0.2) is 54.6 Å². The molecule has 3 nitrogen and oxygen atoms in total. The summed E-state index contributed by atoms with van der Waals surface area (Å²) >= 11 is 0. The van der Waals surface area contributed by atoms with Gasteiger partial charge in [0.25, 0.3) is 0 Å². The molecule has 0 aliphatic carbocycles. The van der Waals surface area contributed by atoms with E-state index in [4.69, 9.17) is 4.74 Å². The molecule has 0 aliphatic heterocycles. The van der Waals surface area contributed by atoms with E-state index in [1.807, 2.05) is 68.6 Å². The molecule has 2 rings (SSSR count). The smallest absolute Gasteiger partial charge is 0.135 e. The molecule has 2 aromatic carbocycles. The number of para-hydroxylation sites is 1. The zero-order valence-electron chi connectivity index (χ0n) is 12.5. The van der Waals surface area contributed by atoms with Crippen molar-refractivity contribution < 1.29 is 4.74 Å². The number of nitriles is 1. The van der Waals surface area contributed by atoms with Crippen LogP contribution >= 0.6 is 0 Å². The van der Waals surface area contributed by atoms with Crippen LogP contribution in [0.5, 0.6) is 5.75 Å². The Bertz CT molecular complexity index is 619. The van der Waals surface area contributed by atoms with Crippen molar-refractivity contribution in [3.8, 4) is 11.8 Å². The van der Waals surface area contributed by atoms with E-state index < -0.39 is 5.54 Å². The molecule has 0 amide bonds. The highest BCUT2D eigenvalue weighted by molar-refractivity contribution is 5.33. The minimum atomic E-state index is -0.718. The number of nitrogens with zero attached hydrogens (tertiary/aromatic N) is 1. The fraction of sp³-hybridized carbons (Fsp3) is 0.278. The Balaban J connectivity index is 2.08. The molecule has 0 aliphatic rings. The summed E-state index contributed by atoms with van der Waals surface area (Å²) in [4.78, 5) is 0. The maximum absolute atomic E-state index is 9.61. The number of nitrogens with one attached hydrogen (secondary N) is 1. The Kier molecular flexibility index (Phi) is 4.97. The number of ether oxygens (including phenoxy) is 1. The van der Waals surface area contributed by atoms with Gasteiger partial charge in [-0.1, -0.05) is 48.5 Å². The molecule has 0 fully saturated rings. The number of hydrogen-bond acceptors (Lipinski definition) is 3. The van der Waals surface area contributed by atoms with E-state index in [1.165, 1.54) is 0 Å². The average Bonchev–Trinajstić information content (AvgIpc) is 2.54. The lowest BCUT2D eigenvalue weighted by molar-refractivity contribution is 0.264. The third-order valence-electron chi connectivity index (χ3n) is 3.71. The lowest BCUT2D eigenvalue weighted by Gasteiger charge is -2.26. The van der Waals surface area contributed by atoms with Crippen molar-refractivity contribution >= 4 is 0 Å². The van der Waals surface area contributed by atoms with Crippen molar-refractivity contribution in [3.05, 3.63) is 65.7 Å². The van der Waals surface area contributed by atoms with E-state index in [0.29, 0.717) is 13.0 Å². The highest BCUT2D eigenvalue weighted by Gasteiger charge is 2.30. The summed E-state index contributed by atoms with van der Waals surface area (Å²) in [7, 11) is 1.81. The zero-order valence-corrected chi connectivity index (χ0v) is 12.5. The third-order valence-corrected chi connectivity index (χ3v) is 3.71. The lowest BCUT2D eigenvalue weighted by atomic mass is 9.88. The average molecular weight is 280 g/mol. The Morgan fingerprint density at radius 3 is 2.38 bits per heavy atom. The number of hydrogen-bond donors (Lipinski definition) is 1. The number of aryl methyl sites for hydroxylation is 1. The molecule has 0 bridgehead atoms. The van der Waals surface area contributed by atoms with Gasteiger partial charge in [0, 0.05) is 6.42 Å². The number of rotatable bonds is 6. The molecule has 21 heavy (non-hydrogen) atoms. The lowest BCUT2D eigenvalue weighted by Crippen LogP contribution is -2.40. The summed E-state index contributed by atoms with van der Waals surface area (Å²) in [6, 6.07) is 20.1. The second-order valence-corrected chi connectivity index (χ2v) is 5.00. The van der Waals surface area contributed by atoms with Crippen LogP contribution in [0.4, 0.5) is 0 Å². The molecular formula is C18H20N2O. The Labute approximate surface area is 126 Å². The third kappa shape index (κ3) is 3.42. The van der Waals surface area contributed by atoms with Gasteiger partial charge in [-0.05, 0) is 31.2 Å². The molecule has 1 N–H and O–H groups in total. The minimum absolute atomic E-state index is 0.480. The standard InChI is InChI=1S/C18H20N2O/c1-15-8-6-7-11-17(15)21-13-12-18(14-19,20-2)16-9-4-3-5-10-16/h3-11,20H,12-13H2,1-2H3. The first-order valence-corrected chi connectivity index (χ1v) is 7.06. The zero-order chi connectivity index (χ0) is 15.1. The summed E-state index contributed by atoms with van der Waals surface area (Å²) in [5.41, 5.74) is 1.34. The van der Waals surface area contributed by atoms with E-state index >= 15 is 0 Å². The second kappa shape index (κ2) is 6.92. The van der Waals surface area contributed by atoms with Crippen molar-refractivity contribution in [2.75, 3.05) is 13.7 Å². The maximum atomic E-state index is 9.61. The van der Waals surface area contributed by atoms with Crippen LogP contribution in [-0.4, -0.2) is 13.7 Å². The van der Waals surface area contributed by atoms with Gasteiger partial charge >= 0.3 is 0 Å². The van der Waals surface area contributed by atoms with Crippen LogP contribution in [0.25, 0.3) is 0 Å². The fourth-order valence-electron chi connectivity index (χ4n) is 2.35. The van der Waals surface area contributed by atoms with Gasteiger partial charge < -0.3 is 4.74 Å². The molecule has 3 heteroatoms. The fourth-order valence-corrected chi connectivity index (χ4v) is 2.35. The van der Waals surface area contributed by atoms with Crippen molar-refractivity contribution in [2.24, 2.45) is 0 Å². The normalized spacial score (nSPS) is 13.2. The van der Waals surface area contributed by atoms with Crippen molar-refractivity contribution in [2.45, 2.75) is 18.9 Å². The van der Waals surface area contributed by atoms with Gasteiger partial charge in [0.1, 0.15) is 11.3 Å². The molecule has 1 atom stereocenters. The molecule has 108 valence electrons. The predicted molar refractivity (Wildman–Crippen MR) is 84.1 cm³/mol. The SMILES string of the molecule is CNC(C#N)(CCOc1ccccc1C)c1ccccc1. The molecule has 0 aromatic heterocycles. The van der Waals surface area contributed by atoms with E-state index in [9.17, 15) is 5.26 Å². The van der Waals surface area contributed by atoms with Gasteiger partial charge in [0.15, 0.2) is 0 Å². The van der Waals surface area contributed by atoms with Crippen LogP contribution in [0.1, 0.15) is 17.5 Å². The Morgan fingerprint density at radius 1 is 1.10 bits per heavy atom. The van der Waals surface area contributed by atoms with E-state index in [1.54, 1.807) is 0 Å². The summed E-state index contributed by atoms with van der Waals surface area (Å²) in [6.07, 6.45) is 0.582. The summed E-state index contributed by atoms with van der Waals surface area (Å²) in [5, 5.41) is 12.8. The molecule has 2 aromatic rings. The van der Waals surface area contributed by atoms with Crippen molar-refractivity contribution in [1.29, 1.82) is 5.26 Å². The molecule has 0 radical (unpaired) electrons. The van der Waals surface area contributed by atoms with Gasteiger partial charge in [-0.25, -0.2) is 0 Å². The van der Waals surface area contributed by atoms with Crippen LogP contribution < -0.4 is 10.1 Å². The van der Waals surface area contributed by atoms with Crippen LogP contribution in [0.2, 0.25) is 0 Å². The topological polar surface area (TPSA) is 45.0 Å². The van der Waals surface area contributed by atoms with E-state index in [2.05, 4.69) is 11.4 Å².